The quantitative estimate of drug-likeness (QED) is 0.814. The molecule has 0 aromatic heterocycles. The number of methoxy groups -OCH3 is 1. The molecule has 0 saturated carbocycles. The number of primary amides is 1. The maximum Gasteiger partial charge on any atom is 0.252 e. The van der Waals surface area contributed by atoms with Crippen molar-refractivity contribution in [2.45, 2.75) is 6.61 Å². The van der Waals surface area contributed by atoms with Gasteiger partial charge in [-0.05, 0) is 29.8 Å². The van der Waals surface area contributed by atoms with Crippen LogP contribution in [0.4, 0.5) is 5.69 Å². The fourth-order valence-corrected chi connectivity index (χ4v) is 1.79. The van der Waals surface area contributed by atoms with E-state index in [1.807, 2.05) is 12.1 Å². The number of anilines is 1. The van der Waals surface area contributed by atoms with Gasteiger partial charge in [-0.3, -0.25) is 4.79 Å². The summed E-state index contributed by atoms with van der Waals surface area (Å²) in [6.45, 7) is 0.293. The molecule has 104 valence electrons. The van der Waals surface area contributed by atoms with Crippen molar-refractivity contribution in [3.63, 3.8) is 0 Å². The number of para-hydroxylation sites is 1. The highest BCUT2D eigenvalue weighted by Crippen LogP contribution is 2.31. The Labute approximate surface area is 117 Å². The Kier molecular flexibility index (Phi) is 4.10. The Bertz CT molecular complexity index is 609. The fourth-order valence-electron chi connectivity index (χ4n) is 1.79. The van der Waals surface area contributed by atoms with Gasteiger partial charge in [0, 0.05) is 5.69 Å². The van der Waals surface area contributed by atoms with Crippen molar-refractivity contribution in [1.29, 1.82) is 0 Å². The zero-order chi connectivity index (χ0) is 14.5. The molecule has 20 heavy (non-hydrogen) atoms. The number of hydrogen-bond donors (Lipinski definition) is 2. The predicted molar refractivity (Wildman–Crippen MR) is 76.7 cm³/mol. The summed E-state index contributed by atoms with van der Waals surface area (Å²) in [7, 11) is 1.51. The summed E-state index contributed by atoms with van der Waals surface area (Å²) in [4.78, 5) is 11.4. The van der Waals surface area contributed by atoms with Crippen LogP contribution in [-0.4, -0.2) is 13.0 Å². The lowest BCUT2D eigenvalue weighted by atomic mass is 10.1. The van der Waals surface area contributed by atoms with Crippen LogP contribution in [0.1, 0.15) is 15.9 Å². The molecular weight excluding hydrogens is 256 g/mol. The summed E-state index contributed by atoms with van der Waals surface area (Å²) in [5, 5.41) is 0. The summed E-state index contributed by atoms with van der Waals surface area (Å²) in [5.41, 5.74) is 12.9. The Morgan fingerprint density at radius 2 is 1.85 bits per heavy atom. The van der Waals surface area contributed by atoms with E-state index in [2.05, 4.69) is 0 Å². The Morgan fingerprint density at radius 1 is 1.15 bits per heavy atom. The molecule has 5 nitrogen and oxygen atoms in total. The molecule has 0 heterocycles. The molecule has 2 aromatic rings. The molecule has 0 radical (unpaired) electrons. The van der Waals surface area contributed by atoms with Gasteiger partial charge in [-0.1, -0.05) is 18.2 Å². The lowest BCUT2D eigenvalue weighted by molar-refractivity contribution is 0.0995. The van der Waals surface area contributed by atoms with E-state index in [0.29, 0.717) is 29.4 Å². The van der Waals surface area contributed by atoms with Crippen LogP contribution in [-0.2, 0) is 6.61 Å². The lowest BCUT2D eigenvalue weighted by Crippen LogP contribution is -2.13. The van der Waals surface area contributed by atoms with Crippen molar-refractivity contribution in [3.8, 4) is 11.5 Å². The van der Waals surface area contributed by atoms with Gasteiger partial charge in [0.15, 0.2) is 11.5 Å². The smallest absolute Gasteiger partial charge is 0.252 e. The first-order valence-electron chi connectivity index (χ1n) is 6.06. The van der Waals surface area contributed by atoms with Crippen LogP contribution in [0.2, 0.25) is 0 Å². The van der Waals surface area contributed by atoms with Gasteiger partial charge in [-0.25, -0.2) is 0 Å². The van der Waals surface area contributed by atoms with Crippen LogP contribution in [0, 0.1) is 0 Å². The number of nitrogens with two attached hydrogens (primary N) is 2. The van der Waals surface area contributed by atoms with Gasteiger partial charge in [0.1, 0.15) is 6.61 Å². The lowest BCUT2D eigenvalue weighted by Gasteiger charge is -2.13. The standard InChI is InChI=1S/C15H16N2O3/c1-19-13-4-2-3-12(15(17)18)14(13)20-9-10-5-7-11(16)8-6-10/h2-8H,9,16H2,1H3,(H2,17,18). The molecule has 2 aromatic carbocycles. The SMILES string of the molecule is COc1cccc(C(N)=O)c1OCc1ccc(N)cc1. The minimum Gasteiger partial charge on any atom is -0.493 e. The molecule has 5 heteroatoms. The van der Waals surface area contributed by atoms with Crippen LogP contribution in [0.5, 0.6) is 11.5 Å². The summed E-state index contributed by atoms with van der Waals surface area (Å²) in [5.74, 6) is 0.257. The number of benzene rings is 2. The van der Waals surface area contributed by atoms with E-state index in [1.54, 1.807) is 30.3 Å². The molecule has 0 aliphatic heterocycles. The fraction of sp³-hybridized carbons (Fsp3) is 0.133. The van der Waals surface area contributed by atoms with Gasteiger partial charge < -0.3 is 20.9 Å². The predicted octanol–water partition coefficient (Wildman–Crippen LogP) is 1.96. The number of nitrogen functional groups attached to an aromatic ring is 1. The second-order valence-electron chi connectivity index (χ2n) is 4.23. The largest absolute Gasteiger partial charge is 0.493 e. The van der Waals surface area contributed by atoms with E-state index in [1.165, 1.54) is 7.11 Å². The van der Waals surface area contributed by atoms with Crippen LogP contribution >= 0.6 is 0 Å². The molecule has 0 bridgehead atoms. The molecule has 0 saturated heterocycles. The van der Waals surface area contributed by atoms with Crippen molar-refractivity contribution < 1.29 is 14.3 Å². The molecule has 2 rings (SSSR count). The van der Waals surface area contributed by atoms with Gasteiger partial charge >= 0.3 is 0 Å². The summed E-state index contributed by atoms with van der Waals surface area (Å²) in [6, 6.07) is 12.3. The van der Waals surface area contributed by atoms with Crippen molar-refractivity contribution in [2.75, 3.05) is 12.8 Å². The first-order chi connectivity index (χ1) is 9.61. The maximum atomic E-state index is 11.4. The average molecular weight is 272 g/mol. The third-order valence-corrected chi connectivity index (χ3v) is 2.83. The Balaban J connectivity index is 2.23. The van der Waals surface area contributed by atoms with Gasteiger partial charge in [0.25, 0.3) is 5.91 Å². The molecule has 0 aliphatic carbocycles. The minimum atomic E-state index is -0.559. The monoisotopic (exact) mass is 272 g/mol. The first kappa shape index (κ1) is 13.7. The molecule has 0 atom stereocenters. The second-order valence-corrected chi connectivity index (χ2v) is 4.23. The highest BCUT2D eigenvalue weighted by Gasteiger charge is 2.14. The number of carbonyl (C=O) groups is 1. The van der Waals surface area contributed by atoms with E-state index in [0.717, 1.165) is 5.56 Å². The van der Waals surface area contributed by atoms with E-state index in [4.69, 9.17) is 20.9 Å². The van der Waals surface area contributed by atoms with Gasteiger partial charge in [0.05, 0.1) is 12.7 Å². The first-order valence-corrected chi connectivity index (χ1v) is 6.06. The second kappa shape index (κ2) is 5.97. The van der Waals surface area contributed by atoms with Crippen molar-refractivity contribution >= 4 is 11.6 Å². The summed E-state index contributed by atoms with van der Waals surface area (Å²) in [6.07, 6.45) is 0. The van der Waals surface area contributed by atoms with Gasteiger partial charge in [-0.15, -0.1) is 0 Å². The van der Waals surface area contributed by atoms with E-state index in [-0.39, 0.29) is 0 Å². The molecule has 0 unspecified atom stereocenters. The van der Waals surface area contributed by atoms with Crippen LogP contribution in [0.15, 0.2) is 42.5 Å². The van der Waals surface area contributed by atoms with Gasteiger partial charge in [-0.2, -0.15) is 0 Å². The Morgan fingerprint density at radius 3 is 2.45 bits per heavy atom. The third kappa shape index (κ3) is 3.00. The number of carbonyl (C=O) groups excluding carboxylic acids is 1. The number of hydrogen-bond acceptors (Lipinski definition) is 4. The zero-order valence-corrected chi connectivity index (χ0v) is 11.1. The highest BCUT2D eigenvalue weighted by atomic mass is 16.5. The van der Waals surface area contributed by atoms with Crippen LogP contribution in [0.3, 0.4) is 0 Å². The van der Waals surface area contributed by atoms with E-state index in [9.17, 15) is 4.79 Å². The average Bonchev–Trinajstić information content (AvgIpc) is 2.46. The molecular formula is C15H16N2O3. The summed E-state index contributed by atoms with van der Waals surface area (Å²) < 4.78 is 10.9. The highest BCUT2D eigenvalue weighted by molar-refractivity contribution is 5.96. The number of rotatable bonds is 5. The topological polar surface area (TPSA) is 87.6 Å². The molecule has 4 N–H and O–H groups in total. The van der Waals surface area contributed by atoms with Crippen molar-refractivity contribution in [1.82, 2.24) is 0 Å². The zero-order valence-electron chi connectivity index (χ0n) is 11.1. The van der Waals surface area contributed by atoms with Crippen LogP contribution < -0.4 is 20.9 Å². The third-order valence-electron chi connectivity index (χ3n) is 2.83. The van der Waals surface area contributed by atoms with Crippen molar-refractivity contribution in [3.05, 3.63) is 53.6 Å². The number of ether oxygens (including phenoxy) is 2. The van der Waals surface area contributed by atoms with E-state index < -0.39 is 5.91 Å². The number of amides is 1. The molecule has 0 aliphatic rings. The van der Waals surface area contributed by atoms with E-state index >= 15 is 0 Å². The normalized spacial score (nSPS) is 10.1. The van der Waals surface area contributed by atoms with Gasteiger partial charge in [0.2, 0.25) is 0 Å². The molecule has 1 amide bonds. The van der Waals surface area contributed by atoms with Crippen LogP contribution in [0.25, 0.3) is 0 Å². The minimum absolute atomic E-state index is 0.291. The summed E-state index contributed by atoms with van der Waals surface area (Å²) >= 11 is 0. The Hall–Kier alpha value is -2.69. The maximum absolute atomic E-state index is 11.4. The molecule has 0 spiro atoms. The van der Waals surface area contributed by atoms with Crippen molar-refractivity contribution in [2.24, 2.45) is 5.73 Å². The molecule has 0 fully saturated rings.